The molecule has 0 saturated carbocycles. The van der Waals surface area contributed by atoms with Crippen LogP contribution in [0.4, 0.5) is 0 Å². The van der Waals surface area contributed by atoms with E-state index in [4.69, 9.17) is 23.2 Å². The Morgan fingerprint density at radius 2 is 2.33 bits per heavy atom. The first-order valence-corrected chi connectivity index (χ1v) is 6.58. The van der Waals surface area contributed by atoms with Crippen molar-refractivity contribution in [3.63, 3.8) is 0 Å². The molecule has 3 nitrogen and oxygen atoms in total. The van der Waals surface area contributed by atoms with Gasteiger partial charge >= 0.3 is 0 Å². The number of halogens is 2. The molecule has 3 heterocycles. The predicted molar refractivity (Wildman–Crippen MR) is 61.6 cm³/mol. The maximum absolute atomic E-state index is 6.72. The number of hydrogen-bond acceptors (Lipinski definition) is 4. The van der Waals surface area contributed by atoms with Gasteiger partial charge in [0.05, 0.1) is 11.7 Å². The van der Waals surface area contributed by atoms with E-state index in [-0.39, 0.29) is 4.87 Å². The molecule has 2 aliphatic heterocycles. The summed E-state index contributed by atoms with van der Waals surface area (Å²) in [7, 11) is 0. The minimum Gasteiger partial charge on any atom is -0.301 e. The van der Waals surface area contributed by atoms with Crippen molar-refractivity contribution in [2.45, 2.75) is 17.7 Å². The van der Waals surface area contributed by atoms with Crippen LogP contribution in [0.1, 0.15) is 18.5 Å². The number of rotatable bonds is 1. The molecule has 2 aliphatic rings. The number of nitrogens with zero attached hydrogens (tertiary/aromatic N) is 3. The molecular weight excluding hydrogens is 253 g/mol. The summed E-state index contributed by atoms with van der Waals surface area (Å²) in [5.41, 5.74) is 0.797. The summed E-state index contributed by atoms with van der Waals surface area (Å²) in [6.07, 6.45) is 2.40. The number of aromatic nitrogens is 2. The van der Waals surface area contributed by atoms with Gasteiger partial charge in [-0.2, -0.15) is 8.75 Å². The summed E-state index contributed by atoms with van der Waals surface area (Å²) in [4.78, 5) is 2.01. The van der Waals surface area contributed by atoms with Crippen LogP contribution in [0.5, 0.6) is 0 Å². The monoisotopic (exact) mass is 263 g/mol. The van der Waals surface area contributed by atoms with Crippen molar-refractivity contribution in [3.05, 3.63) is 10.8 Å². The lowest BCUT2D eigenvalue weighted by atomic mass is 9.88. The minimum absolute atomic E-state index is 0.388. The van der Waals surface area contributed by atoms with Gasteiger partial charge in [0, 0.05) is 13.1 Å². The molecule has 0 radical (unpaired) electrons. The van der Waals surface area contributed by atoms with Crippen molar-refractivity contribution in [1.82, 2.24) is 13.6 Å². The molecule has 0 aromatic carbocycles. The summed E-state index contributed by atoms with van der Waals surface area (Å²) >= 11 is 13.9. The van der Waals surface area contributed by atoms with Crippen LogP contribution in [0.2, 0.25) is 5.15 Å². The summed E-state index contributed by atoms with van der Waals surface area (Å²) in [5.74, 6) is 0.481. The quantitative estimate of drug-likeness (QED) is 0.729. The van der Waals surface area contributed by atoms with Gasteiger partial charge < -0.3 is 4.90 Å². The zero-order chi connectivity index (χ0) is 10.5. The van der Waals surface area contributed by atoms with Crippen LogP contribution in [0.25, 0.3) is 0 Å². The lowest BCUT2D eigenvalue weighted by Crippen LogP contribution is -2.28. The lowest BCUT2D eigenvalue weighted by molar-refractivity contribution is 0.269. The minimum atomic E-state index is -0.388. The number of fused-ring (bicyclic) bond motifs is 2. The van der Waals surface area contributed by atoms with E-state index in [0.717, 1.165) is 37.1 Å². The highest BCUT2D eigenvalue weighted by atomic mass is 35.5. The van der Waals surface area contributed by atoms with Crippen LogP contribution in [-0.2, 0) is 4.87 Å². The highest BCUT2D eigenvalue weighted by molar-refractivity contribution is 6.99. The Balaban J connectivity index is 2.00. The molecule has 0 N–H and O–H groups in total. The second-order valence-corrected chi connectivity index (χ2v) is 5.90. The average molecular weight is 264 g/mol. The first-order valence-electron chi connectivity index (χ1n) is 5.10. The van der Waals surface area contributed by atoms with Gasteiger partial charge in [0.1, 0.15) is 10.6 Å². The molecule has 0 amide bonds. The van der Waals surface area contributed by atoms with Crippen molar-refractivity contribution < 1.29 is 0 Å². The fourth-order valence-electron chi connectivity index (χ4n) is 2.72. The van der Waals surface area contributed by atoms with Crippen LogP contribution in [0, 0.1) is 5.92 Å². The van der Waals surface area contributed by atoms with E-state index in [9.17, 15) is 0 Å². The fraction of sp³-hybridized carbons (Fsp3) is 0.778. The molecule has 2 bridgehead atoms. The zero-order valence-corrected chi connectivity index (χ0v) is 10.4. The van der Waals surface area contributed by atoms with Crippen molar-refractivity contribution in [2.75, 3.05) is 19.6 Å². The van der Waals surface area contributed by atoms with Crippen molar-refractivity contribution in [1.29, 1.82) is 0 Å². The molecule has 1 aromatic heterocycles. The molecule has 82 valence electrons. The molecule has 2 saturated heterocycles. The maximum atomic E-state index is 6.72. The summed E-state index contributed by atoms with van der Waals surface area (Å²) in [5, 5.41) is 0.490. The van der Waals surface area contributed by atoms with E-state index in [0.29, 0.717) is 11.1 Å². The number of alkyl halides is 1. The van der Waals surface area contributed by atoms with Gasteiger partial charge in [-0.1, -0.05) is 11.6 Å². The van der Waals surface area contributed by atoms with Crippen LogP contribution in [0.3, 0.4) is 0 Å². The van der Waals surface area contributed by atoms with Crippen LogP contribution in [-0.4, -0.2) is 33.3 Å². The largest absolute Gasteiger partial charge is 0.301 e. The normalized spacial score (nSPS) is 39.6. The number of hydrogen-bond donors (Lipinski definition) is 0. The summed E-state index contributed by atoms with van der Waals surface area (Å²) < 4.78 is 8.28. The highest BCUT2D eigenvalue weighted by Crippen LogP contribution is 2.48. The predicted octanol–water partition coefficient (Wildman–Crippen LogP) is 2.35. The Kier molecular flexibility index (Phi) is 2.43. The molecule has 3 unspecified atom stereocenters. The molecule has 0 aliphatic carbocycles. The molecular formula is C9H11Cl2N3S. The Morgan fingerprint density at radius 3 is 3.00 bits per heavy atom. The van der Waals surface area contributed by atoms with Gasteiger partial charge in [-0.25, -0.2) is 0 Å². The third-order valence-electron chi connectivity index (χ3n) is 3.45. The molecule has 6 heteroatoms. The van der Waals surface area contributed by atoms with Gasteiger partial charge in [0.25, 0.3) is 0 Å². The van der Waals surface area contributed by atoms with Crippen LogP contribution in [0.15, 0.2) is 0 Å². The molecule has 15 heavy (non-hydrogen) atoms. The number of piperidine rings is 1. The average Bonchev–Trinajstić information content (AvgIpc) is 2.72. The fourth-order valence-corrected chi connectivity index (χ4v) is 4.18. The van der Waals surface area contributed by atoms with Crippen LogP contribution < -0.4 is 0 Å². The van der Waals surface area contributed by atoms with E-state index in [1.54, 1.807) is 0 Å². The highest BCUT2D eigenvalue weighted by Gasteiger charge is 2.50. The van der Waals surface area contributed by atoms with E-state index in [1.807, 2.05) is 0 Å². The lowest BCUT2D eigenvalue weighted by Gasteiger charge is -2.26. The molecule has 0 spiro atoms. The Hall–Kier alpha value is 0.1000. The first-order chi connectivity index (χ1) is 7.20. The van der Waals surface area contributed by atoms with Gasteiger partial charge in [0.15, 0.2) is 5.15 Å². The maximum Gasteiger partial charge on any atom is 0.167 e. The molecule has 3 atom stereocenters. The van der Waals surface area contributed by atoms with E-state index < -0.39 is 0 Å². The van der Waals surface area contributed by atoms with Gasteiger partial charge in [-0.15, -0.1) is 11.6 Å². The smallest absolute Gasteiger partial charge is 0.167 e. The molecule has 2 fully saturated rings. The van der Waals surface area contributed by atoms with Gasteiger partial charge in [-0.05, 0) is 25.3 Å². The topological polar surface area (TPSA) is 29.0 Å². The SMILES string of the molecule is Clc1nsnc1C1(Cl)CN2CCCC1C2. The summed E-state index contributed by atoms with van der Waals surface area (Å²) in [6.45, 7) is 3.10. The third-order valence-corrected chi connectivity index (χ3v) is 4.95. The second kappa shape index (κ2) is 3.55. The third kappa shape index (κ3) is 1.50. The van der Waals surface area contributed by atoms with Gasteiger partial charge in [-0.3, -0.25) is 0 Å². The zero-order valence-electron chi connectivity index (χ0n) is 8.12. The van der Waals surface area contributed by atoms with Crippen molar-refractivity contribution in [2.24, 2.45) is 5.92 Å². The van der Waals surface area contributed by atoms with Gasteiger partial charge in [0.2, 0.25) is 0 Å². The van der Waals surface area contributed by atoms with E-state index in [1.165, 1.54) is 12.8 Å². The van der Waals surface area contributed by atoms with Crippen molar-refractivity contribution >= 4 is 34.9 Å². The van der Waals surface area contributed by atoms with E-state index in [2.05, 4.69) is 13.6 Å². The standard InChI is InChI=1S/C9H11Cl2N3S/c10-8-7(12-15-13-8)9(11)5-14-3-1-2-6(9)4-14/h6H,1-5H2. The second-order valence-electron chi connectivity index (χ2n) is 4.34. The Labute approximate surface area is 103 Å². The van der Waals surface area contributed by atoms with E-state index >= 15 is 0 Å². The summed E-state index contributed by atoms with van der Waals surface area (Å²) in [6, 6.07) is 0. The van der Waals surface area contributed by atoms with Crippen molar-refractivity contribution in [3.8, 4) is 0 Å². The molecule has 3 rings (SSSR count). The van der Waals surface area contributed by atoms with Crippen LogP contribution >= 0.6 is 34.9 Å². The molecule has 1 aromatic rings. The Morgan fingerprint density at radius 1 is 1.47 bits per heavy atom. The Bertz CT molecular complexity index is 383. The first kappa shape index (κ1) is 10.3.